The fourth-order valence-electron chi connectivity index (χ4n) is 0.675. The van der Waals surface area contributed by atoms with Gasteiger partial charge in [0.15, 0.2) is 0 Å². The van der Waals surface area contributed by atoms with Gasteiger partial charge in [-0.05, 0) is 34.5 Å². The summed E-state index contributed by atoms with van der Waals surface area (Å²) in [5.41, 5.74) is 1.04. The van der Waals surface area contributed by atoms with Crippen LogP contribution in [0.5, 0.6) is 0 Å². The van der Waals surface area contributed by atoms with E-state index in [4.69, 9.17) is 5.11 Å². The summed E-state index contributed by atoms with van der Waals surface area (Å²) in [4.78, 5) is 14.2. The Morgan fingerprint density at radius 3 is 2.82 bits per heavy atom. The summed E-state index contributed by atoms with van der Waals surface area (Å²) in [5, 5.41) is 8.54. The van der Waals surface area contributed by atoms with Crippen molar-refractivity contribution in [3.05, 3.63) is 28.0 Å². The summed E-state index contributed by atoms with van der Waals surface area (Å²) in [7, 11) is 0. The lowest BCUT2D eigenvalue weighted by molar-refractivity contribution is 0.0696. The number of aromatic nitrogens is 1. The maximum absolute atomic E-state index is 10.4. The molecular formula is C7H6BrNO2. The molecule has 0 saturated heterocycles. The van der Waals surface area contributed by atoms with Crippen LogP contribution in [0.15, 0.2) is 16.9 Å². The Labute approximate surface area is 72.2 Å². The Balaban J connectivity index is 3.15. The molecule has 0 fully saturated rings. The van der Waals surface area contributed by atoms with Gasteiger partial charge in [-0.15, -0.1) is 0 Å². The van der Waals surface area contributed by atoms with Gasteiger partial charge >= 0.3 is 5.97 Å². The Hall–Kier alpha value is -0.900. The van der Waals surface area contributed by atoms with E-state index < -0.39 is 5.97 Å². The number of carbonyl (C=O) groups is 1. The summed E-state index contributed by atoms with van der Waals surface area (Å²) in [6.45, 7) is 1.80. The van der Waals surface area contributed by atoms with Crippen LogP contribution in [-0.4, -0.2) is 16.1 Å². The monoisotopic (exact) mass is 215 g/mol. The molecule has 0 aliphatic heterocycles. The average Bonchev–Trinajstić information content (AvgIpc) is 1.94. The van der Waals surface area contributed by atoms with E-state index in [1.807, 2.05) is 0 Å². The molecule has 3 nitrogen and oxygen atoms in total. The summed E-state index contributed by atoms with van der Waals surface area (Å²) in [5.74, 6) is -0.951. The van der Waals surface area contributed by atoms with Crippen molar-refractivity contribution >= 4 is 21.9 Å². The largest absolute Gasteiger partial charge is 0.478 e. The molecule has 1 N–H and O–H groups in total. The van der Waals surface area contributed by atoms with Crippen molar-refractivity contribution in [1.82, 2.24) is 4.98 Å². The molecule has 1 aromatic heterocycles. The number of carboxylic acid groups (broad SMARTS) is 1. The highest BCUT2D eigenvalue weighted by Crippen LogP contribution is 2.13. The molecule has 1 aromatic rings. The standard InChI is InChI=1S/C7H6BrNO2/c1-4-2-5(7(10)11)3-9-6(4)8/h2-3H,1H3,(H,10,11). The van der Waals surface area contributed by atoms with Gasteiger partial charge in [-0.3, -0.25) is 0 Å². The third-order valence-corrected chi connectivity index (χ3v) is 2.09. The lowest BCUT2D eigenvalue weighted by Gasteiger charge is -1.97. The molecule has 1 heterocycles. The van der Waals surface area contributed by atoms with Crippen molar-refractivity contribution in [3.63, 3.8) is 0 Å². The smallest absolute Gasteiger partial charge is 0.337 e. The fraction of sp³-hybridized carbons (Fsp3) is 0.143. The fourth-order valence-corrected chi connectivity index (χ4v) is 0.892. The Morgan fingerprint density at radius 1 is 1.73 bits per heavy atom. The second kappa shape index (κ2) is 3.00. The molecule has 0 aliphatic rings. The number of pyridine rings is 1. The van der Waals surface area contributed by atoms with Crippen molar-refractivity contribution in [2.45, 2.75) is 6.92 Å². The molecule has 0 aliphatic carbocycles. The number of hydrogen-bond donors (Lipinski definition) is 1. The Morgan fingerprint density at radius 2 is 2.36 bits per heavy atom. The number of hydrogen-bond acceptors (Lipinski definition) is 2. The van der Waals surface area contributed by atoms with Crippen molar-refractivity contribution in [3.8, 4) is 0 Å². The third kappa shape index (κ3) is 1.77. The maximum atomic E-state index is 10.4. The number of halogens is 1. The van der Waals surface area contributed by atoms with Crippen LogP contribution in [0.1, 0.15) is 15.9 Å². The summed E-state index contributed by atoms with van der Waals surface area (Å²) < 4.78 is 0.683. The van der Waals surface area contributed by atoms with E-state index in [1.165, 1.54) is 6.20 Å². The molecule has 0 radical (unpaired) electrons. The molecule has 0 saturated carbocycles. The summed E-state index contributed by atoms with van der Waals surface area (Å²) in [6, 6.07) is 1.57. The molecule has 1 rings (SSSR count). The van der Waals surface area contributed by atoms with Crippen LogP contribution in [0.2, 0.25) is 0 Å². The summed E-state index contributed by atoms with van der Waals surface area (Å²) in [6.07, 6.45) is 1.32. The molecule has 11 heavy (non-hydrogen) atoms. The third-order valence-electron chi connectivity index (χ3n) is 1.26. The lowest BCUT2D eigenvalue weighted by atomic mass is 10.2. The Kier molecular flexibility index (Phi) is 2.24. The van der Waals surface area contributed by atoms with E-state index in [-0.39, 0.29) is 5.56 Å². The van der Waals surface area contributed by atoms with Gasteiger partial charge in [0.25, 0.3) is 0 Å². The number of carboxylic acids is 1. The van der Waals surface area contributed by atoms with Crippen LogP contribution in [0.25, 0.3) is 0 Å². The lowest BCUT2D eigenvalue weighted by Crippen LogP contribution is -1.97. The molecule has 0 amide bonds. The zero-order valence-corrected chi connectivity index (χ0v) is 7.42. The number of aryl methyl sites for hydroxylation is 1. The molecule has 0 aromatic carbocycles. The predicted molar refractivity (Wildman–Crippen MR) is 43.6 cm³/mol. The summed E-state index contributed by atoms with van der Waals surface area (Å²) >= 11 is 3.17. The van der Waals surface area contributed by atoms with E-state index in [2.05, 4.69) is 20.9 Å². The van der Waals surface area contributed by atoms with Crippen LogP contribution in [0, 0.1) is 6.92 Å². The van der Waals surface area contributed by atoms with Crippen molar-refractivity contribution < 1.29 is 9.90 Å². The van der Waals surface area contributed by atoms with Crippen LogP contribution in [0.4, 0.5) is 0 Å². The first-order valence-corrected chi connectivity index (χ1v) is 3.76. The SMILES string of the molecule is Cc1cc(C(=O)O)cnc1Br. The number of nitrogens with zero attached hydrogens (tertiary/aromatic N) is 1. The minimum atomic E-state index is -0.951. The van der Waals surface area contributed by atoms with Crippen molar-refractivity contribution in [1.29, 1.82) is 0 Å². The number of rotatable bonds is 1. The highest BCUT2D eigenvalue weighted by molar-refractivity contribution is 9.10. The van der Waals surface area contributed by atoms with Gasteiger partial charge in [-0.25, -0.2) is 9.78 Å². The van der Waals surface area contributed by atoms with E-state index in [0.29, 0.717) is 4.60 Å². The minimum Gasteiger partial charge on any atom is -0.478 e. The molecule has 58 valence electrons. The molecule has 0 atom stereocenters. The predicted octanol–water partition coefficient (Wildman–Crippen LogP) is 1.85. The first kappa shape index (κ1) is 8.20. The van der Waals surface area contributed by atoms with E-state index in [9.17, 15) is 4.79 Å². The molecular weight excluding hydrogens is 210 g/mol. The molecule has 0 bridgehead atoms. The molecule has 0 unspecified atom stereocenters. The van der Waals surface area contributed by atoms with Gasteiger partial charge in [-0.2, -0.15) is 0 Å². The van der Waals surface area contributed by atoms with Crippen molar-refractivity contribution in [2.75, 3.05) is 0 Å². The highest BCUT2D eigenvalue weighted by atomic mass is 79.9. The molecule has 4 heteroatoms. The topological polar surface area (TPSA) is 50.2 Å². The van der Waals surface area contributed by atoms with Gasteiger partial charge in [-0.1, -0.05) is 0 Å². The maximum Gasteiger partial charge on any atom is 0.337 e. The second-order valence-corrected chi connectivity index (χ2v) is 2.89. The van der Waals surface area contributed by atoms with Crippen LogP contribution < -0.4 is 0 Å². The van der Waals surface area contributed by atoms with E-state index in [0.717, 1.165) is 5.56 Å². The van der Waals surface area contributed by atoms with Crippen LogP contribution >= 0.6 is 15.9 Å². The van der Waals surface area contributed by atoms with Crippen LogP contribution in [-0.2, 0) is 0 Å². The van der Waals surface area contributed by atoms with Gasteiger partial charge < -0.3 is 5.11 Å². The normalized spacial score (nSPS) is 9.64. The first-order valence-electron chi connectivity index (χ1n) is 2.96. The minimum absolute atomic E-state index is 0.214. The van der Waals surface area contributed by atoms with Gasteiger partial charge in [0.2, 0.25) is 0 Å². The zero-order valence-electron chi connectivity index (χ0n) is 5.84. The van der Waals surface area contributed by atoms with E-state index in [1.54, 1.807) is 13.0 Å². The first-order chi connectivity index (χ1) is 5.11. The van der Waals surface area contributed by atoms with Gasteiger partial charge in [0.1, 0.15) is 4.60 Å². The van der Waals surface area contributed by atoms with Gasteiger partial charge in [0.05, 0.1) is 5.56 Å². The Bertz CT molecular complexity index is 298. The van der Waals surface area contributed by atoms with E-state index >= 15 is 0 Å². The second-order valence-electron chi connectivity index (χ2n) is 2.14. The molecule has 0 spiro atoms. The highest BCUT2D eigenvalue weighted by Gasteiger charge is 2.04. The average molecular weight is 216 g/mol. The van der Waals surface area contributed by atoms with Gasteiger partial charge in [0, 0.05) is 6.20 Å². The quantitative estimate of drug-likeness (QED) is 0.728. The zero-order chi connectivity index (χ0) is 8.43. The number of aromatic carboxylic acids is 1. The van der Waals surface area contributed by atoms with Crippen LogP contribution in [0.3, 0.4) is 0 Å². The van der Waals surface area contributed by atoms with Crippen molar-refractivity contribution in [2.24, 2.45) is 0 Å².